The molecule has 0 aromatic carbocycles. The fourth-order valence-corrected chi connectivity index (χ4v) is 6.85. The highest BCUT2D eigenvalue weighted by molar-refractivity contribution is 6.14. The number of allylic oxidation sites excluding steroid dienone is 3. The summed E-state index contributed by atoms with van der Waals surface area (Å²) in [5.74, 6) is -5.07. The van der Waals surface area contributed by atoms with Crippen LogP contribution in [0, 0.1) is 23.7 Å². The topological polar surface area (TPSA) is 147 Å². The Morgan fingerprint density at radius 3 is 2.51 bits per heavy atom. The molecule has 5 aliphatic rings. The maximum absolute atomic E-state index is 13.7. The minimum absolute atomic E-state index is 0.0732. The van der Waals surface area contributed by atoms with Crippen LogP contribution >= 0.6 is 0 Å². The molecule has 3 N–H and O–H groups in total. The summed E-state index contributed by atoms with van der Waals surface area (Å²) in [6, 6.07) is -1.16. The van der Waals surface area contributed by atoms with Gasteiger partial charge in [0.05, 0.1) is 36.9 Å². The number of hydrogen-bond acceptors (Lipinski definition) is 9. The summed E-state index contributed by atoms with van der Waals surface area (Å²) in [5, 5.41) is 23.6. The van der Waals surface area contributed by atoms with Gasteiger partial charge in [0.25, 0.3) is 0 Å². The van der Waals surface area contributed by atoms with E-state index >= 15 is 0 Å². The number of hydrogen-bond donors (Lipinski definition) is 3. The van der Waals surface area contributed by atoms with Gasteiger partial charge in [-0.05, 0) is 51.3 Å². The monoisotopic (exact) mass is 600 g/mol. The van der Waals surface area contributed by atoms with Gasteiger partial charge in [0.2, 0.25) is 17.6 Å². The Bertz CT molecular complexity index is 1270. The first-order valence-corrected chi connectivity index (χ1v) is 15.1. The highest BCUT2D eigenvalue weighted by Gasteiger charge is 2.66. The van der Waals surface area contributed by atoms with Gasteiger partial charge in [-0.1, -0.05) is 44.6 Å². The Labute approximate surface area is 252 Å². The summed E-state index contributed by atoms with van der Waals surface area (Å²) in [6.45, 7) is 11.8. The van der Waals surface area contributed by atoms with Crippen LogP contribution in [-0.4, -0.2) is 94.4 Å². The molecule has 0 saturated carbocycles. The molecule has 2 amide bonds. The smallest absolute Gasteiger partial charge is 0.243 e. The molecule has 11 nitrogen and oxygen atoms in total. The van der Waals surface area contributed by atoms with Gasteiger partial charge in [0.1, 0.15) is 11.8 Å². The molecule has 3 fully saturated rings. The lowest BCUT2D eigenvalue weighted by molar-refractivity contribution is -0.348. The highest BCUT2D eigenvalue weighted by Crippen LogP contribution is 2.52. The first kappa shape index (κ1) is 31.6. The predicted molar refractivity (Wildman–Crippen MR) is 155 cm³/mol. The third-order valence-electron chi connectivity index (χ3n) is 9.67. The molecule has 11 heteroatoms. The summed E-state index contributed by atoms with van der Waals surface area (Å²) in [7, 11) is 1.45. The van der Waals surface area contributed by atoms with Gasteiger partial charge < -0.3 is 39.4 Å². The number of Topliss-reactive ketones (excluding diaryl/α,β-unsaturated/α-hetero) is 1. The van der Waals surface area contributed by atoms with Crippen LogP contribution in [0.5, 0.6) is 0 Å². The molecule has 3 saturated heterocycles. The number of ether oxygens (including phenoxy) is 4. The number of amides is 2. The molecule has 0 aliphatic carbocycles. The Balaban J connectivity index is 1.32. The second-order valence-electron chi connectivity index (χ2n) is 12.8. The van der Waals surface area contributed by atoms with Crippen molar-refractivity contribution in [2.75, 3.05) is 13.7 Å². The quantitative estimate of drug-likeness (QED) is 0.126. The van der Waals surface area contributed by atoms with E-state index in [2.05, 4.69) is 31.3 Å². The van der Waals surface area contributed by atoms with E-state index in [0.717, 1.165) is 5.57 Å². The van der Waals surface area contributed by atoms with E-state index in [0.29, 0.717) is 13.0 Å². The van der Waals surface area contributed by atoms with Crippen molar-refractivity contribution in [2.45, 2.75) is 96.0 Å². The normalized spacial score (nSPS) is 42.4. The third-order valence-corrected chi connectivity index (χ3v) is 9.67. The van der Waals surface area contributed by atoms with Crippen molar-refractivity contribution in [1.82, 2.24) is 10.2 Å². The summed E-state index contributed by atoms with van der Waals surface area (Å²) in [6.07, 6.45) is 8.22. The van der Waals surface area contributed by atoms with Gasteiger partial charge in [0, 0.05) is 13.0 Å². The number of epoxide rings is 1. The number of aliphatic hydroxyl groups excluding tert-OH is 2. The molecule has 236 valence electrons. The molecule has 5 heterocycles. The molecule has 0 radical (unpaired) electrons. The lowest BCUT2D eigenvalue weighted by Crippen LogP contribution is -2.61. The molecular weight excluding hydrogens is 556 g/mol. The lowest BCUT2D eigenvalue weighted by atomic mass is 9.80. The van der Waals surface area contributed by atoms with E-state index in [1.807, 2.05) is 13.8 Å². The largest absolute Gasteiger partial charge is 0.511 e. The summed E-state index contributed by atoms with van der Waals surface area (Å²) < 4.78 is 24.3. The van der Waals surface area contributed by atoms with E-state index in [-0.39, 0.29) is 24.0 Å². The molecule has 5 aliphatic heterocycles. The van der Waals surface area contributed by atoms with E-state index in [9.17, 15) is 24.6 Å². The minimum atomic E-state index is -1.47. The number of fused-ring (bicyclic) bond motifs is 3. The summed E-state index contributed by atoms with van der Waals surface area (Å²) in [4.78, 5) is 41.0. The zero-order valence-electron chi connectivity index (χ0n) is 25.9. The molecular formula is C32H44N2O9. The Morgan fingerprint density at radius 2 is 1.88 bits per heavy atom. The summed E-state index contributed by atoms with van der Waals surface area (Å²) in [5.41, 5.74) is 0.398. The van der Waals surface area contributed by atoms with Gasteiger partial charge >= 0.3 is 0 Å². The second-order valence-corrected chi connectivity index (χ2v) is 12.8. The molecule has 43 heavy (non-hydrogen) atoms. The zero-order valence-corrected chi connectivity index (χ0v) is 25.9. The van der Waals surface area contributed by atoms with Crippen LogP contribution in [0.4, 0.5) is 0 Å². The van der Waals surface area contributed by atoms with Crippen LogP contribution in [0.3, 0.4) is 0 Å². The second kappa shape index (κ2) is 11.6. The molecule has 2 bridgehead atoms. The van der Waals surface area contributed by atoms with Crippen molar-refractivity contribution >= 4 is 17.6 Å². The van der Waals surface area contributed by atoms with Gasteiger partial charge in [-0.25, -0.2) is 0 Å². The van der Waals surface area contributed by atoms with Crippen LogP contribution < -0.4 is 5.32 Å². The van der Waals surface area contributed by atoms with Gasteiger partial charge in [-0.2, -0.15) is 0 Å². The number of rotatable bonds is 8. The van der Waals surface area contributed by atoms with E-state index in [1.165, 1.54) is 30.2 Å². The molecule has 5 rings (SSSR count). The number of ketones is 1. The number of nitrogens with one attached hydrogen (secondary N) is 1. The third kappa shape index (κ3) is 5.50. The maximum Gasteiger partial charge on any atom is 0.243 e. The highest BCUT2D eigenvalue weighted by atomic mass is 16.8. The van der Waals surface area contributed by atoms with Crippen LogP contribution in [-0.2, 0) is 33.3 Å². The van der Waals surface area contributed by atoms with Crippen molar-refractivity contribution in [3.8, 4) is 0 Å². The Hall–Kier alpha value is -2.83. The number of carbonyl (C=O) groups excluding carboxylic acids is 3. The van der Waals surface area contributed by atoms with Gasteiger partial charge in [-0.15, -0.1) is 0 Å². The van der Waals surface area contributed by atoms with E-state index in [1.54, 1.807) is 19.9 Å². The Kier molecular flexibility index (Phi) is 8.51. The Morgan fingerprint density at radius 1 is 1.19 bits per heavy atom. The first-order chi connectivity index (χ1) is 20.2. The van der Waals surface area contributed by atoms with Gasteiger partial charge in [-0.3, -0.25) is 14.4 Å². The SMILES string of the molecule is CNC(=O)[C@@H](C)[C@H]1C(=O)C(/C(O)=C/C=C(\C)C[C@@H](C)[C@H]2O[C@@]3(C)O[C@H](C=C[C@@]34CO4)[C@@H]2C)C(=O)N1[C@@H]1C=C[C@H](O)[C@H](C)O1. The average Bonchev–Trinajstić information content (AvgIpc) is 3.71. The summed E-state index contributed by atoms with van der Waals surface area (Å²) >= 11 is 0. The fraction of sp³-hybridized carbons (Fsp3) is 0.656. The molecule has 1 spiro atoms. The molecule has 0 aromatic heterocycles. The zero-order chi connectivity index (χ0) is 31.4. The van der Waals surface area contributed by atoms with Crippen molar-refractivity contribution < 1.29 is 43.5 Å². The number of aliphatic hydroxyl groups is 2. The fourth-order valence-electron chi connectivity index (χ4n) is 6.85. The van der Waals surface area contributed by atoms with Crippen LogP contribution in [0.25, 0.3) is 0 Å². The van der Waals surface area contributed by atoms with Crippen molar-refractivity contribution in [2.24, 2.45) is 23.7 Å². The molecule has 1 unspecified atom stereocenters. The number of likely N-dealkylation sites (tertiary alicyclic amines) is 1. The average molecular weight is 601 g/mol. The van der Waals surface area contributed by atoms with Gasteiger partial charge in [0.15, 0.2) is 23.5 Å². The number of carbonyl (C=O) groups is 3. The first-order valence-electron chi connectivity index (χ1n) is 15.1. The van der Waals surface area contributed by atoms with Crippen LogP contribution in [0.15, 0.2) is 47.8 Å². The minimum Gasteiger partial charge on any atom is -0.511 e. The maximum atomic E-state index is 13.7. The molecule has 12 atom stereocenters. The van der Waals surface area contributed by atoms with Crippen molar-refractivity contribution in [1.29, 1.82) is 0 Å². The lowest BCUT2D eigenvalue weighted by Gasteiger charge is -2.51. The van der Waals surface area contributed by atoms with Crippen LogP contribution in [0.2, 0.25) is 0 Å². The predicted octanol–water partition coefficient (Wildman–Crippen LogP) is 2.32. The van der Waals surface area contributed by atoms with E-state index < -0.39 is 71.1 Å². The van der Waals surface area contributed by atoms with E-state index in [4.69, 9.17) is 18.9 Å². The standard InChI is InChI=1S/C32H44N2O9/c1-16(14-17(2)28-18(3)23-12-13-32(15-40-32)31(6,42-23)43-28)8-9-22(36)25-27(37)26(19(4)29(38)33-7)34(30(25)39)24-11-10-21(35)20(5)41-24/h8-13,17-21,23-26,28,35-36H,14-15H2,1-7H3,(H,33,38)/b16-8+,22-9-/t17-,18+,19+,20+,21+,23-,24+,25?,26+,28-,31-,32-/m1/s1. The van der Waals surface area contributed by atoms with Crippen molar-refractivity contribution in [3.05, 3.63) is 47.8 Å². The number of nitrogens with zero attached hydrogens (tertiary/aromatic N) is 1. The molecule has 0 aromatic rings. The van der Waals surface area contributed by atoms with Crippen LogP contribution in [0.1, 0.15) is 48.0 Å². The van der Waals surface area contributed by atoms with Crippen molar-refractivity contribution in [3.63, 3.8) is 0 Å².